The monoisotopic (exact) mass is 436 g/mol. The van der Waals surface area contributed by atoms with Gasteiger partial charge in [0.05, 0.1) is 16.0 Å². The van der Waals surface area contributed by atoms with Crippen molar-refractivity contribution in [3.05, 3.63) is 57.9 Å². The molecule has 1 heterocycles. The van der Waals surface area contributed by atoms with E-state index in [1.807, 2.05) is 24.3 Å². The Morgan fingerprint density at radius 2 is 2.00 bits per heavy atom. The highest BCUT2D eigenvalue weighted by Crippen LogP contribution is 2.22. The molecule has 0 saturated heterocycles. The molecule has 3 aromatic rings. The van der Waals surface area contributed by atoms with Crippen molar-refractivity contribution in [2.45, 2.75) is 24.8 Å². The fourth-order valence-corrected chi connectivity index (χ4v) is 4.95. The van der Waals surface area contributed by atoms with Gasteiger partial charge in [-0.1, -0.05) is 35.9 Å². The van der Waals surface area contributed by atoms with Gasteiger partial charge in [0.1, 0.15) is 0 Å². The highest BCUT2D eigenvalue weighted by Gasteiger charge is 2.09. The van der Waals surface area contributed by atoms with Crippen LogP contribution in [0.2, 0.25) is 5.02 Å². The zero-order valence-electron chi connectivity index (χ0n) is 15.3. The summed E-state index contributed by atoms with van der Waals surface area (Å²) in [6, 6.07) is 14.0. The molecule has 0 N–H and O–H groups in total. The van der Waals surface area contributed by atoms with Gasteiger partial charge in [-0.05, 0) is 54.6 Å². The largest absolute Gasteiger partial charge is 0.316 e. The summed E-state index contributed by atoms with van der Waals surface area (Å²) in [7, 11) is 0. The second-order valence-electron chi connectivity index (χ2n) is 5.93. The Bertz CT molecular complexity index is 993. The van der Waals surface area contributed by atoms with Gasteiger partial charge in [-0.3, -0.25) is 4.79 Å². The average Bonchev–Trinajstić information content (AvgIpc) is 3.01. The molecule has 0 radical (unpaired) electrons. The number of halogens is 1. The summed E-state index contributed by atoms with van der Waals surface area (Å²) in [6.07, 6.45) is 3.09. The normalized spacial score (nSPS) is 12.0. The molecule has 142 valence electrons. The number of thioether (sulfide) groups is 2. The maximum atomic E-state index is 12.5. The van der Waals surface area contributed by atoms with Crippen molar-refractivity contribution in [3.63, 3.8) is 0 Å². The third kappa shape index (κ3) is 5.41. The molecule has 3 rings (SSSR count). The van der Waals surface area contributed by atoms with Crippen molar-refractivity contribution >= 4 is 62.6 Å². The number of benzene rings is 2. The van der Waals surface area contributed by atoms with Gasteiger partial charge in [0.25, 0.3) is 5.91 Å². The summed E-state index contributed by atoms with van der Waals surface area (Å²) >= 11 is 10.8. The van der Waals surface area contributed by atoms with Crippen molar-refractivity contribution in [2.75, 3.05) is 17.8 Å². The second kappa shape index (κ2) is 9.82. The van der Waals surface area contributed by atoms with E-state index in [1.165, 1.54) is 22.0 Å². The third-order valence-electron chi connectivity index (χ3n) is 4.07. The number of carbonyl (C=O) groups excluding carboxylic acids is 1. The van der Waals surface area contributed by atoms with E-state index in [-0.39, 0.29) is 5.91 Å². The van der Waals surface area contributed by atoms with E-state index in [1.54, 1.807) is 23.1 Å². The summed E-state index contributed by atoms with van der Waals surface area (Å²) in [5, 5.41) is 0.696. The number of amides is 1. The van der Waals surface area contributed by atoms with Gasteiger partial charge < -0.3 is 4.57 Å². The Morgan fingerprint density at radius 1 is 1.22 bits per heavy atom. The van der Waals surface area contributed by atoms with Gasteiger partial charge in [-0.15, -0.1) is 11.8 Å². The smallest absolute Gasteiger partial charge is 0.258 e. The topological polar surface area (TPSA) is 34.4 Å². The van der Waals surface area contributed by atoms with Crippen LogP contribution in [0.3, 0.4) is 0 Å². The summed E-state index contributed by atoms with van der Waals surface area (Å²) < 4.78 is 3.35. The highest BCUT2D eigenvalue weighted by atomic mass is 35.5. The summed E-state index contributed by atoms with van der Waals surface area (Å²) in [4.78, 5) is 18.7. The summed E-state index contributed by atoms with van der Waals surface area (Å²) in [5.41, 5.74) is 2.46. The number of nitrogens with zero attached hydrogens (tertiary/aromatic N) is 2. The first-order valence-corrected chi connectivity index (χ1v) is 12.2. The quantitative estimate of drug-likeness (QED) is 0.458. The van der Waals surface area contributed by atoms with Crippen LogP contribution in [0.4, 0.5) is 0 Å². The third-order valence-corrected chi connectivity index (χ3v) is 6.95. The number of aromatic nitrogens is 1. The minimum Gasteiger partial charge on any atom is -0.316 e. The lowest BCUT2D eigenvalue weighted by atomic mass is 10.2. The van der Waals surface area contributed by atoms with Crippen LogP contribution in [0.5, 0.6) is 0 Å². The summed E-state index contributed by atoms with van der Waals surface area (Å²) in [6.45, 7) is 3.00. The van der Waals surface area contributed by atoms with E-state index in [0.29, 0.717) is 10.8 Å². The molecule has 0 atom stereocenters. The minimum atomic E-state index is -0.116. The predicted molar refractivity (Wildman–Crippen MR) is 120 cm³/mol. The first-order chi connectivity index (χ1) is 13.1. The van der Waals surface area contributed by atoms with Gasteiger partial charge in [0, 0.05) is 22.2 Å². The molecule has 2 aromatic carbocycles. The number of carbonyl (C=O) groups is 1. The zero-order valence-corrected chi connectivity index (χ0v) is 18.5. The fourth-order valence-electron chi connectivity index (χ4n) is 2.64. The van der Waals surface area contributed by atoms with Crippen molar-refractivity contribution in [1.82, 2.24) is 4.57 Å². The Labute approximate surface area is 176 Å². The van der Waals surface area contributed by atoms with E-state index in [9.17, 15) is 4.79 Å². The molecule has 0 fully saturated rings. The molecule has 0 unspecified atom stereocenters. The van der Waals surface area contributed by atoms with Crippen LogP contribution in [0, 0.1) is 0 Å². The van der Waals surface area contributed by atoms with Crippen LogP contribution in [0.25, 0.3) is 10.2 Å². The molecular weight excluding hydrogens is 416 g/mol. The molecule has 1 aromatic heterocycles. The number of rotatable bonds is 7. The molecule has 0 aliphatic heterocycles. The van der Waals surface area contributed by atoms with Gasteiger partial charge in [-0.25, -0.2) is 0 Å². The van der Waals surface area contributed by atoms with Crippen molar-refractivity contribution < 1.29 is 4.79 Å². The molecule has 0 spiro atoms. The number of aryl methyl sites for hydroxylation is 2. The van der Waals surface area contributed by atoms with Crippen LogP contribution in [0.1, 0.15) is 12.5 Å². The molecule has 7 heteroatoms. The minimum absolute atomic E-state index is 0.116. The Balaban J connectivity index is 1.86. The molecule has 27 heavy (non-hydrogen) atoms. The maximum Gasteiger partial charge on any atom is 0.258 e. The molecular formula is C20H21ClN2OS3. The number of hydrogen-bond acceptors (Lipinski definition) is 4. The van der Waals surface area contributed by atoms with Gasteiger partial charge in [-0.2, -0.15) is 16.8 Å². The van der Waals surface area contributed by atoms with E-state index in [2.05, 4.69) is 40.9 Å². The van der Waals surface area contributed by atoms with Gasteiger partial charge in [0.15, 0.2) is 4.80 Å². The van der Waals surface area contributed by atoms with Crippen molar-refractivity contribution in [2.24, 2.45) is 4.99 Å². The lowest BCUT2D eigenvalue weighted by molar-refractivity contribution is -0.115. The molecule has 0 bridgehead atoms. The van der Waals surface area contributed by atoms with Crippen LogP contribution in [0.15, 0.2) is 52.4 Å². The highest BCUT2D eigenvalue weighted by molar-refractivity contribution is 8.00. The Hall–Kier alpha value is -1.21. The van der Waals surface area contributed by atoms with E-state index < -0.39 is 0 Å². The Kier molecular flexibility index (Phi) is 7.47. The number of hydrogen-bond donors (Lipinski definition) is 0. The standard InChI is InChI=1S/C20H21ClN2OS3/c1-3-14-4-9-17-18(12-14)27-20(23(17)10-11-25-2)22-19(24)13-26-16-7-5-15(21)6-8-16/h4-9,12H,3,10-11,13H2,1-2H3. The lowest BCUT2D eigenvalue weighted by Gasteiger charge is -2.04. The molecule has 0 aliphatic carbocycles. The van der Waals surface area contributed by atoms with E-state index in [4.69, 9.17) is 11.6 Å². The summed E-state index contributed by atoms with van der Waals surface area (Å²) in [5.74, 6) is 1.19. The molecule has 0 aliphatic rings. The maximum absolute atomic E-state index is 12.5. The number of thiazole rings is 1. The number of fused-ring (bicyclic) bond motifs is 1. The first-order valence-electron chi connectivity index (χ1n) is 8.68. The molecule has 1 amide bonds. The van der Waals surface area contributed by atoms with Crippen LogP contribution < -0.4 is 4.80 Å². The lowest BCUT2D eigenvalue weighted by Crippen LogP contribution is -2.18. The predicted octanol–water partition coefficient (Wildman–Crippen LogP) is 5.50. The second-order valence-corrected chi connectivity index (χ2v) is 9.41. The van der Waals surface area contributed by atoms with Gasteiger partial charge >= 0.3 is 0 Å². The van der Waals surface area contributed by atoms with Gasteiger partial charge in [0.2, 0.25) is 0 Å². The van der Waals surface area contributed by atoms with Crippen LogP contribution in [-0.4, -0.2) is 28.2 Å². The van der Waals surface area contributed by atoms with Crippen LogP contribution >= 0.6 is 46.5 Å². The van der Waals surface area contributed by atoms with E-state index >= 15 is 0 Å². The molecule has 3 nitrogen and oxygen atoms in total. The van der Waals surface area contributed by atoms with Crippen molar-refractivity contribution in [3.8, 4) is 0 Å². The van der Waals surface area contributed by atoms with Crippen LogP contribution in [-0.2, 0) is 17.8 Å². The van der Waals surface area contributed by atoms with Crippen molar-refractivity contribution in [1.29, 1.82) is 0 Å². The zero-order chi connectivity index (χ0) is 19.2. The fraction of sp³-hybridized carbons (Fsp3) is 0.300. The average molecular weight is 437 g/mol. The van der Waals surface area contributed by atoms with E-state index in [0.717, 1.165) is 33.9 Å². The molecule has 0 saturated carbocycles. The SMILES string of the molecule is CCc1ccc2c(c1)sc(=NC(=O)CSc1ccc(Cl)cc1)n2CCSC. The Morgan fingerprint density at radius 3 is 2.70 bits per heavy atom. The first kappa shape index (κ1) is 20.5.